The standard InChI is InChI=1S/C13H17N3S2.2ClH/c1-2-4-12-11(3-1)15-13(18-12)17-10-9-16-7-5-14-6-8-16;;/h1-4,14H,5-10H2;2*1H. The Labute approximate surface area is 140 Å². The second-order valence-corrected chi connectivity index (χ2v) is 6.76. The van der Waals surface area contributed by atoms with Gasteiger partial charge in [-0.15, -0.1) is 36.2 Å². The molecule has 1 aromatic heterocycles. The van der Waals surface area contributed by atoms with E-state index in [0.717, 1.165) is 24.4 Å². The Bertz CT molecular complexity index is 482. The van der Waals surface area contributed by atoms with Crippen molar-refractivity contribution < 1.29 is 0 Å². The molecule has 0 unspecified atom stereocenters. The maximum atomic E-state index is 4.65. The monoisotopic (exact) mass is 351 g/mol. The van der Waals surface area contributed by atoms with Gasteiger partial charge in [0.2, 0.25) is 0 Å². The predicted molar refractivity (Wildman–Crippen MR) is 94.1 cm³/mol. The summed E-state index contributed by atoms with van der Waals surface area (Å²) in [6.07, 6.45) is 0. The number of rotatable bonds is 4. The first kappa shape index (κ1) is 18.0. The highest BCUT2D eigenvalue weighted by Gasteiger charge is 2.09. The number of aromatic nitrogens is 1. The summed E-state index contributed by atoms with van der Waals surface area (Å²) in [5.74, 6) is 1.14. The first-order chi connectivity index (χ1) is 8.92. The molecule has 2 heterocycles. The van der Waals surface area contributed by atoms with Crippen LogP contribution in [0.1, 0.15) is 0 Å². The molecule has 1 aliphatic heterocycles. The molecule has 2 aromatic rings. The molecule has 0 spiro atoms. The van der Waals surface area contributed by atoms with E-state index in [4.69, 9.17) is 0 Å². The van der Waals surface area contributed by atoms with Gasteiger partial charge in [-0.3, -0.25) is 4.90 Å². The van der Waals surface area contributed by atoms with Gasteiger partial charge in [-0.1, -0.05) is 23.9 Å². The zero-order valence-electron chi connectivity index (χ0n) is 11.1. The number of nitrogens with one attached hydrogen (secondary N) is 1. The van der Waals surface area contributed by atoms with Crippen molar-refractivity contribution in [2.24, 2.45) is 0 Å². The number of fused-ring (bicyclic) bond motifs is 1. The average molecular weight is 352 g/mol. The lowest BCUT2D eigenvalue weighted by molar-refractivity contribution is 0.255. The summed E-state index contributed by atoms with van der Waals surface area (Å²) in [5.41, 5.74) is 1.13. The lowest BCUT2D eigenvalue weighted by Gasteiger charge is -2.26. The molecule has 0 atom stereocenters. The Hall–Kier alpha value is -0.0400. The lowest BCUT2D eigenvalue weighted by atomic mass is 10.3. The Balaban J connectivity index is 0.000001000. The fourth-order valence-electron chi connectivity index (χ4n) is 2.11. The highest BCUT2D eigenvalue weighted by atomic mass is 35.5. The van der Waals surface area contributed by atoms with E-state index in [1.165, 1.54) is 28.7 Å². The van der Waals surface area contributed by atoms with E-state index in [-0.39, 0.29) is 24.8 Å². The van der Waals surface area contributed by atoms with Gasteiger partial charge in [-0.25, -0.2) is 4.98 Å². The van der Waals surface area contributed by atoms with Crippen molar-refractivity contribution in [3.8, 4) is 0 Å². The fraction of sp³-hybridized carbons (Fsp3) is 0.462. The van der Waals surface area contributed by atoms with Crippen LogP contribution in [0.15, 0.2) is 28.6 Å². The van der Waals surface area contributed by atoms with Gasteiger partial charge in [0.15, 0.2) is 4.34 Å². The summed E-state index contributed by atoms with van der Waals surface area (Å²) in [6, 6.07) is 8.37. The smallest absolute Gasteiger partial charge is 0.151 e. The number of hydrogen-bond acceptors (Lipinski definition) is 5. The van der Waals surface area contributed by atoms with Gasteiger partial charge >= 0.3 is 0 Å². The molecule has 0 bridgehead atoms. The molecular formula is C13H19Cl2N3S2. The lowest BCUT2D eigenvalue weighted by Crippen LogP contribution is -2.44. The minimum atomic E-state index is 0. The Morgan fingerprint density at radius 3 is 2.70 bits per heavy atom. The molecule has 1 N–H and O–H groups in total. The molecule has 0 aliphatic carbocycles. The number of piperazine rings is 1. The minimum Gasteiger partial charge on any atom is -0.314 e. The Kier molecular flexibility index (Phi) is 8.17. The van der Waals surface area contributed by atoms with E-state index >= 15 is 0 Å². The van der Waals surface area contributed by atoms with Crippen LogP contribution in [0.4, 0.5) is 0 Å². The SMILES string of the molecule is Cl.Cl.c1ccc2sc(SCCN3CCNCC3)nc2c1. The molecule has 0 amide bonds. The third-order valence-electron chi connectivity index (χ3n) is 3.12. The molecule has 0 saturated carbocycles. The normalized spacial score (nSPS) is 15.6. The summed E-state index contributed by atoms with van der Waals surface area (Å²) < 4.78 is 2.49. The van der Waals surface area contributed by atoms with Crippen molar-refractivity contribution in [3.05, 3.63) is 24.3 Å². The van der Waals surface area contributed by atoms with Gasteiger partial charge in [0, 0.05) is 38.5 Å². The van der Waals surface area contributed by atoms with Crippen LogP contribution >= 0.6 is 47.9 Å². The first-order valence-corrected chi connectivity index (χ1v) is 8.13. The molecule has 1 fully saturated rings. The van der Waals surface area contributed by atoms with E-state index in [1.54, 1.807) is 11.3 Å². The van der Waals surface area contributed by atoms with Crippen LogP contribution in [0.2, 0.25) is 0 Å². The van der Waals surface area contributed by atoms with Gasteiger partial charge in [-0.05, 0) is 12.1 Å². The number of thiazole rings is 1. The Morgan fingerprint density at radius 2 is 1.95 bits per heavy atom. The van der Waals surface area contributed by atoms with Gasteiger partial charge in [0.1, 0.15) is 0 Å². The highest BCUT2D eigenvalue weighted by Crippen LogP contribution is 2.29. The van der Waals surface area contributed by atoms with Crippen LogP contribution in [0, 0.1) is 0 Å². The predicted octanol–water partition coefficient (Wildman–Crippen LogP) is 3.14. The highest BCUT2D eigenvalue weighted by molar-refractivity contribution is 8.01. The van der Waals surface area contributed by atoms with E-state index < -0.39 is 0 Å². The Morgan fingerprint density at radius 1 is 1.20 bits per heavy atom. The second-order valence-electron chi connectivity index (χ2n) is 4.39. The van der Waals surface area contributed by atoms with E-state index in [9.17, 15) is 0 Å². The number of halogens is 2. The molecule has 3 rings (SSSR count). The van der Waals surface area contributed by atoms with Gasteiger partial charge < -0.3 is 5.32 Å². The summed E-state index contributed by atoms with van der Waals surface area (Å²) >= 11 is 3.69. The first-order valence-electron chi connectivity index (χ1n) is 6.33. The average Bonchev–Trinajstić information content (AvgIpc) is 2.82. The maximum Gasteiger partial charge on any atom is 0.151 e. The van der Waals surface area contributed by atoms with Crippen molar-refractivity contribution in [2.45, 2.75) is 4.34 Å². The summed E-state index contributed by atoms with van der Waals surface area (Å²) in [5, 5.41) is 3.38. The largest absolute Gasteiger partial charge is 0.314 e. The van der Waals surface area contributed by atoms with Crippen LogP contribution in [-0.4, -0.2) is 48.4 Å². The van der Waals surface area contributed by atoms with Crippen LogP contribution < -0.4 is 5.32 Å². The minimum absolute atomic E-state index is 0. The zero-order valence-corrected chi connectivity index (χ0v) is 14.3. The van der Waals surface area contributed by atoms with Crippen LogP contribution in [0.3, 0.4) is 0 Å². The molecule has 112 valence electrons. The van der Waals surface area contributed by atoms with Gasteiger partial charge in [0.25, 0.3) is 0 Å². The van der Waals surface area contributed by atoms with E-state index in [1.807, 2.05) is 11.8 Å². The maximum absolute atomic E-state index is 4.65. The topological polar surface area (TPSA) is 28.2 Å². The van der Waals surface area contributed by atoms with Gasteiger partial charge in [-0.2, -0.15) is 0 Å². The van der Waals surface area contributed by atoms with Crippen LogP contribution in [-0.2, 0) is 0 Å². The molecule has 1 aromatic carbocycles. The third-order valence-corrected chi connectivity index (χ3v) is 5.28. The molecule has 7 heteroatoms. The molecular weight excluding hydrogens is 333 g/mol. The summed E-state index contributed by atoms with van der Waals surface area (Å²) in [6.45, 7) is 5.79. The number of thioether (sulfide) groups is 1. The fourth-order valence-corrected chi connectivity index (χ4v) is 4.25. The van der Waals surface area contributed by atoms with E-state index in [2.05, 4.69) is 39.5 Å². The summed E-state index contributed by atoms with van der Waals surface area (Å²) in [4.78, 5) is 7.17. The number of hydrogen-bond donors (Lipinski definition) is 1. The third kappa shape index (κ3) is 4.76. The van der Waals surface area contributed by atoms with Crippen LogP contribution in [0.25, 0.3) is 10.2 Å². The number of para-hydroxylation sites is 1. The number of benzene rings is 1. The molecule has 20 heavy (non-hydrogen) atoms. The van der Waals surface area contributed by atoms with Gasteiger partial charge in [0.05, 0.1) is 10.2 Å². The second kappa shape index (κ2) is 9.07. The number of nitrogens with zero attached hydrogens (tertiary/aromatic N) is 2. The van der Waals surface area contributed by atoms with Crippen molar-refractivity contribution in [2.75, 3.05) is 38.5 Å². The molecule has 1 saturated heterocycles. The molecule has 1 aliphatic rings. The van der Waals surface area contributed by atoms with Crippen molar-refractivity contribution >= 4 is 58.1 Å². The summed E-state index contributed by atoms with van der Waals surface area (Å²) in [7, 11) is 0. The quantitative estimate of drug-likeness (QED) is 0.856. The van der Waals surface area contributed by atoms with Crippen molar-refractivity contribution in [1.29, 1.82) is 0 Å². The zero-order chi connectivity index (χ0) is 12.2. The van der Waals surface area contributed by atoms with Crippen molar-refractivity contribution in [3.63, 3.8) is 0 Å². The van der Waals surface area contributed by atoms with Crippen molar-refractivity contribution in [1.82, 2.24) is 15.2 Å². The van der Waals surface area contributed by atoms with E-state index in [0.29, 0.717) is 0 Å². The molecule has 0 radical (unpaired) electrons. The van der Waals surface area contributed by atoms with Crippen LogP contribution in [0.5, 0.6) is 0 Å². The molecule has 3 nitrogen and oxygen atoms in total.